The molecule has 0 aromatic carbocycles. The Morgan fingerprint density at radius 3 is 2.62 bits per heavy atom. The first-order chi connectivity index (χ1) is 9.81. The lowest BCUT2D eigenvalue weighted by atomic mass is 10.2. The van der Waals surface area contributed by atoms with E-state index in [1.165, 1.54) is 0 Å². The molecular weight excluding hydrogens is 286 g/mol. The molecule has 0 aliphatic rings. The van der Waals surface area contributed by atoms with Crippen molar-refractivity contribution >= 4 is 17.7 Å². The molecule has 0 bridgehead atoms. The maximum atomic E-state index is 13.1. The van der Waals surface area contributed by atoms with E-state index in [-0.39, 0.29) is 30.3 Å². The normalized spacial score (nSPS) is 11.0. The summed E-state index contributed by atoms with van der Waals surface area (Å²) in [5, 5.41) is 16.8. The SMILES string of the molecule is CC(C)Cn1ncc(NC(=O)NCCC(=O)O)c1C(F)F. The molecule has 0 saturated heterocycles. The second-order valence-corrected chi connectivity index (χ2v) is 4.84. The van der Waals surface area contributed by atoms with Crippen molar-refractivity contribution in [2.75, 3.05) is 11.9 Å². The molecule has 3 N–H and O–H groups in total. The number of hydrogen-bond donors (Lipinski definition) is 3. The summed E-state index contributed by atoms with van der Waals surface area (Å²) in [5.41, 5.74) is -0.449. The molecule has 0 radical (unpaired) electrons. The molecule has 0 fully saturated rings. The minimum Gasteiger partial charge on any atom is -0.481 e. The van der Waals surface area contributed by atoms with Crippen molar-refractivity contribution in [2.24, 2.45) is 5.92 Å². The molecule has 1 rings (SSSR count). The molecule has 9 heteroatoms. The monoisotopic (exact) mass is 304 g/mol. The van der Waals surface area contributed by atoms with E-state index in [9.17, 15) is 18.4 Å². The Morgan fingerprint density at radius 2 is 2.10 bits per heavy atom. The number of amides is 2. The Morgan fingerprint density at radius 1 is 1.43 bits per heavy atom. The zero-order valence-corrected chi connectivity index (χ0v) is 11.8. The maximum absolute atomic E-state index is 13.1. The standard InChI is InChI=1S/C12H18F2N4O3/c1-7(2)6-18-10(11(13)14)8(5-16-18)17-12(21)15-4-3-9(19)20/h5,7,11H,3-4,6H2,1-2H3,(H,19,20)(H2,15,17,21). The van der Waals surface area contributed by atoms with Gasteiger partial charge in [-0.05, 0) is 5.92 Å². The zero-order chi connectivity index (χ0) is 16.0. The molecule has 0 spiro atoms. The average Bonchev–Trinajstić information content (AvgIpc) is 2.70. The zero-order valence-electron chi connectivity index (χ0n) is 11.8. The molecule has 0 saturated carbocycles. The summed E-state index contributed by atoms with van der Waals surface area (Å²) in [6.45, 7) is 3.94. The van der Waals surface area contributed by atoms with Gasteiger partial charge in [0.1, 0.15) is 5.69 Å². The van der Waals surface area contributed by atoms with E-state index >= 15 is 0 Å². The lowest BCUT2D eigenvalue weighted by Crippen LogP contribution is -2.30. The van der Waals surface area contributed by atoms with Crippen LogP contribution in [0.25, 0.3) is 0 Å². The summed E-state index contributed by atoms with van der Waals surface area (Å²) in [6.07, 6.45) is -1.87. The number of rotatable bonds is 7. The highest BCUT2D eigenvalue weighted by Gasteiger charge is 2.21. The molecule has 1 heterocycles. The van der Waals surface area contributed by atoms with Crippen molar-refractivity contribution in [2.45, 2.75) is 33.2 Å². The first-order valence-corrected chi connectivity index (χ1v) is 6.41. The summed E-state index contributed by atoms with van der Waals surface area (Å²) >= 11 is 0. The Labute approximate surface area is 120 Å². The highest BCUT2D eigenvalue weighted by molar-refractivity contribution is 5.90. The number of aromatic nitrogens is 2. The topological polar surface area (TPSA) is 96.3 Å². The Bertz CT molecular complexity index is 503. The maximum Gasteiger partial charge on any atom is 0.319 e. The molecule has 1 aromatic heterocycles. The van der Waals surface area contributed by atoms with Crippen LogP contribution in [0.15, 0.2) is 6.20 Å². The number of carbonyl (C=O) groups is 2. The molecule has 1 aromatic rings. The number of carboxylic acid groups (broad SMARTS) is 1. The largest absolute Gasteiger partial charge is 0.481 e. The predicted molar refractivity (Wildman–Crippen MR) is 71.3 cm³/mol. The van der Waals surface area contributed by atoms with Gasteiger partial charge >= 0.3 is 12.0 Å². The van der Waals surface area contributed by atoms with E-state index < -0.39 is 18.4 Å². The number of carboxylic acids is 1. The quantitative estimate of drug-likeness (QED) is 0.718. The van der Waals surface area contributed by atoms with Gasteiger partial charge in [-0.2, -0.15) is 5.10 Å². The predicted octanol–water partition coefficient (Wildman–Crippen LogP) is 2.07. The van der Waals surface area contributed by atoms with Gasteiger partial charge in [-0.15, -0.1) is 0 Å². The number of carbonyl (C=O) groups excluding carboxylic acids is 1. The van der Waals surface area contributed by atoms with Gasteiger partial charge in [-0.25, -0.2) is 13.6 Å². The smallest absolute Gasteiger partial charge is 0.319 e. The number of alkyl halides is 2. The molecular formula is C12H18F2N4O3. The number of anilines is 1. The number of urea groups is 1. The summed E-state index contributed by atoms with van der Waals surface area (Å²) in [5.74, 6) is -0.937. The number of nitrogens with one attached hydrogen (secondary N) is 2. The van der Waals surface area contributed by atoms with Crippen molar-refractivity contribution in [3.8, 4) is 0 Å². The molecule has 2 amide bonds. The van der Waals surface area contributed by atoms with Crippen LogP contribution in [-0.2, 0) is 11.3 Å². The molecule has 0 aliphatic carbocycles. The van der Waals surface area contributed by atoms with Gasteiger partial charge in [0.2, 0.25) is 0 Å². The van der Waals surface area contributed by atoms with Crippen molar-refractivity contribution < 1.29 is 23.5 Å². The molecule has 0 atom stereocenters. The van der Waals surface area contributed by atoms with Crippen LogP contribution in [0.5, 0.6) is 0 Å². The van der Waals surface area contributed by atoms with Gasteiger partial charge in [-0.1, -0.05) is 13.8 Å². The van der Waals surface area contributed by atoms with Gasteiger partial charge in [-0.3, -0.25) is 9.48 Å². The van der Waals surface area contributed by atoms with Crippen LogP contribution < -0.4 is 10.6 Å². The van der Waals surface area contributed by atoms with Crippen molar-refractivity contribution in [3.63, 3.8) is 0 Å². The fraction of sp³-hybridized carbons (Fsp3) is 0.583. The van der Waals surface area contributed by atoms with E-state index in [0.717, 1.165) is 10.9 Å². The minimum atomic E-state index is -2.78. The Kier molecular flexibility index (Phi) is 6.07. The van der Waals surface area contributed by atoms with Gasteiger partial charge in [0.15, 0.2) is 0 Å². The van der Waals surface area contributed by atoms with E-state index in [4.69, 9.17) is 5.11 Å². The summed E-state index contributed by atoms with van der Waals surface area (Å²) in [7, 11) is 0. The third kappa shape index (κ3) is 5.36. The van der Waals surface area contributed by atoms with Crippen LogP contribution in [0.3, 0.4) is 0 Å². The Balaban J connectivity index is 2.72. The summed E-state index contributed by atoms with van der Waals surface area (Å²) in [4.78, 5) is 21.8. The third-order valence-electron chi connectivity index (χ3n) is 2.50. The molecule has 7 nitrogen and oxygen atoms in total. The summed E-state index contributed by atoms with van der Waals surface area (Å²) in [6, 6.07) is -0.748. The van der Waals surface area contributed by atoms with Crippen LogP contribution in [0.1, 0.15) is 32.4 Å². The van der Waals surface area contributed by atoms with E-state index in [1.54, 1.807) is 0 Å². The van der Waals surface area contributed by atoms with E-state index in [1.807, 2.05) is 13.8 Å². The molecule has 0 unspecified atom stereocenters. The molecule has 21 heavy (non-hydrogen) atoms. The number of hydrogen-bond acceptors (Lipinski definition) is 3. The van der Waals surface area contributed by atoms with Gasteiger partial charge < -0.3 is 15.7 Å². The van der Waals surface area contributed by atoms with Crippen LogP contribution in [0, 0.1) is 5.92 Å². The summed E-state index contributed by atoms with van der Waals surface area (Å²) < 4.78 is 27.3. The second-order valence-electron chi connectivity index (χ2n) is 4.84. The van der Waals surface area contributed by atoms with Gasteiger partial charge in [0.05, 0.1) is 18.3 Å². The molecule has 118 valence electrons. The number of aliphatic carboxylic acids is 1. The first kappa shape index (κ1) is 16.9. The highest BCUT2D eigenvalue weighted by Crippen LogP contribution is 2.27. The van der Waals surface area contributed by atoms with Gasteiger partial charge in [0.25, 0.3) is 6.43 Å². The van der Waals surface area contributed by atoms with Crippen molar-refractivity contribution in [1.82, 2.24) is 15.1 Å². The lowest BCUT2D eigenvalue weighted by molar-refractivity contribution is -0.136. The minimum absolute atomic E-state index is 0.0847. The van der Waals surface area contributed by atoms with Crippen molar-refractivity contribution in [3.05, 3.63) is 11.9 Å². The Hall–Kier alpha value is -2.19. The van der Waals surface area contributed by atoms with Gasteiger partial charge in [0, 0.05) is 13.1 Å². The fourth-order valence-corrected chi connectivity index (χ4v) is 1.66. The lowest BCUT2D eigenvalue weighted by Gasteiger charge is -2.11. The van der Waals surface area contributed by atoms with Crippen LogP contribution in [-0.4, -0.2) is 33.4 Å². The fourth-order valence-electron chi connectivity index (χ4n) is 1.66. The van der Waals surface area contributed by atoms with Crippen LogP contribution >= 0.6 is 0 Å². The van der Waals surface area contributed by atoms with E-state index in [0.29, 0.717) is 6.54 Å². The average molecular weight is 304 g/mol. The van der Waals surface area contributed by atoms with Crippen molar-refractivity contribution in [1.29, 1.82) is 0 Å². The van der Waals surface area contributed by atoms with E-state index in [2.05, 4.69) is 15.7 Å². The number of nitrogens with zero attached hydrogens (tertiary/aromatic N) is 2. The molecule has 0 aliphatic heterocycles. The second kappa shape index (κ2) is 7.55. The first-order valence-electron chi connectivity index (χ1n) is 6.41. The highest BCUT2D eigenvalue weighted by atomic mass is 19.3. The third-order valence-corrected chi connectivity index (χ3v) is 2.50. The van der Waals surface area contributed by atoms with Crippen LogP contribution in [0.2, 0.25) is 0 Å². The van der Waals surface area contributed by atoms with Crippen LogP contribution in [0.4, 0.5) is 19.3 Å². The number of halogens is 2.